The lowest BCUT2D eigenvalue weighted by Gasteiger charge is -2.44. The van der Waals surface area contributed by atoms with E-state index >= 15 is 0 Å². The molecule has 2 aliphatic heterocycles. The molecule has 0 aliphatic carbocycles. The molecule has 0 amide bonds. The molecule has 6 atom stereocenters. The van der Waals surface area contributed by atoms with E-state index in [0.717, 1.165) is 54.5 Å². The van der Waals surface area contributed by atoms with Crippen LogP contribution in [0.1, 0.15) is 87.8 Å². The van der Waals surface area contributed by atoms with Crippen LogP contribution in [-0.4, -0.2) is 68.9 Å². The molecule has 6 unspecified atom stereocenters. The molecule has 1 N–H and O–H groups in total. The summed E-state index contributed by atoms with van der Waals surface area (Å²) in [5.41, 5.74) is 4.00. The van der Waals surface area contributed by atoms with Crippen molar-refractivity contribution in [3.05, 3.63) is 64.7 Å². The van der Waals surface area contributed by atoms with Gasteiger partial charge in [0.2, 0.25) is 0 Å². The van der Waals surface area contributed by atoms with Crippen LogP contribution in [0, 0.1) is 0 Å². The van der Waals surface area contributed by atoms with Gasteiger partial charge >= 0.3 is 6.16 Å². The number of fused-ring (bicyclic) bond motifs is 1. The van der Waals surface area contributed by atoms with Crippen molar-refractivity contribution in [3.63, 3.8) is 0 Å². The zero-order valence-electron chi connectivity index (χ0n) is 25.3. The summed E-state index contributed by atoms with van der Waals surface area (Å²) >= 11 is 0. The van der Waals surface area contributed by atoms with E-state index in [1.54, 1.807) is 6.92 Å². The lowest BCUT2D eigenvalue weighted by molar-refractivity contribution is -0.256. The molecule has 9 heteroatoms. The monoisotopic (exact) mass is 586 g/mol. The quantitative estimate of drug-likeness (QED) is 0.209. The predicted molar refractivity (Wildman–Crippen MR) is 157 cm³/mol. The highest BCUT2D eigenvalue weighted by molar-refractivity contribution is 5.59. The number of hydrogen-bond acceptors (Lipinski definition) is 9. The van der Waals surface area contributed by atoms with Gasteiger partial charge < -0.3 is 38.3 Å². The van der Waals surface area contributed by atoms with Gasteiger partial charge in [0.1, 0.15) is 49.0 Å². The molecular formula is C33H46O9. The number of aryl methyl sites for hydroxylation is 1. The fraction of sp³-hybridized carbons (Fsp3) is 0.606. The second-order valence-corrected chi connectivity index (χ2v) is 10.7. The molecule has 2 aromatic carbocycles. The average Bonchev–Trinajstić information content (AvgIpc) is 3.01. The second kappa shape index (κ2) is 16.2. The smallest absolute Gasteiger partial charge is 0.467 e. The van der Waals surface area contributed by atoms with Gasteiger partial charge in [-0.1, -0.05) is 63.9 Å². The Morgan fingerprint density at radius 1 is 0.905 bits per heavy atom. The molecule has 2 aromatic rings. The fourth-order valence-corrected chi connectivity index (χ4v) is 5.28. The van der Waals surface area contributed by atoms with Gasteiger partial charge in [-0.3, -0.25) is 0 Å². The Hall–Kier alpha value is -2.69. The van der Waals surface area contributed by atoms with Crippen molar-refractivity contribution >= 4 is 6.16 Å². The molecular weight excluding hydrogens is 540 g/mol. The molecule has 1 saturated heterocycles. The number of rotatable bonds is 14. The lowest BCUT2D eigenvalue weighted by atomic mass is 9.88. The number of unbranched alkanes of at least 4 members (excludes halogenated alkanes) is 2. The van der Waals surface area contributed by atoms with Crippen molar-refractivity contribution < 1.29 is 43.1 Å². The third kappa shape index (κ3) is 8.02. The number of carbonyl (C=O) groups is 1. The van der Waals surface area contributed by atoms with Crippen molar-refractivity contribution in [1.29, 1.82) is 0 Å². The topological polar surface area (TPSA) is 102 Å². The lowest BCUT2D eigenvalue weighted by Crippen LogP contribution is -2.57. The molecule has 0 spiro atoms. The van der Waals surface area contributed by atoms with Crippen LogP contribution in [0.2, 0.25) is 0 Å². The first-order valence-electron chi connectivity index (χ1n) is 15.3. The molecule has 2 aliphatic rings. The highest BCUT2D eigenvalue weighted by Gasteiger charge is 2.48. The first-order chi connectivity index (χ1) is 20.5. The van der Waals surface area contributed by atoms with E-state index in [0.29, 0.717) is 13.2 Å². The van der Waals surface area contributed by atoms with E-state index in [-0.39, 0.29) is 26.1 Å². The van der Waals surface area contributed by atoms with Gasteiger partial charge in [-0.05, 0) is 55.0 Å². The maximum Gasteiger partial charge on any atom is 0.508 e. The maximum atomic E-state index is 12.0. The molecule has 0 radical (unpaired) electrons. The first kappa shape index (κ1) is 32.2. The summed E-state index contributed by atoms with van der Waals surface area (Å²) in [6, 6.07) is 14.3. The molecule has 4 rings (SSSR count). The SMILES string of the molecule is CCCCOC1C(c2ccc3c(c2)C(c2ccc(CC)cc2)OCO3)OC(COC(=O)OCC)C(O)C1OCCCC. The Kier molecular flexibility index (Phi) is 12.5. The van der Waals surface area contributed by atoms with Crippen molar-refractivity contribution in [3.8, 4) is 5.75 Å². The highest BCUT2D eigenvalue weighted by Crippen LogP contribution is 2.42. The molecule has 9 nitrogen and oxygen atoms in total. The largest absolute Gasteiger partial charge is 0.508 e. The second-order valence-electron chi connectivity index (χ2n) is 10.7. The Bertz CT molecular complexity index is 1110. The third-order valence-electron chi connectivity index (χ3n) is 7.69. The van der Waals surface area contributed by atoms with E-state index < -0.39 is 36.7 Å². The van der Waals surface area contributed by atoms with Gasteiger partial charge in [-0.2, -0.15) is 0 Å². The summed E-state index contributed by atoms with van der Waals surface area (Å²) in [7, 11) is 0. The molecule has 2 heterocycles. The summed E-state index contributed by atoms with van der Waals surface area (Å²) in [4.78, 5) is 12.0. The number of carbonyl (C=O) groups excluding carboxylic acids is 1. The highest BCUT2D eigenvalue weighted by atomic mass is 16.7. The minimum atomic E-state index is -1.08. The Balaban J connectivity index is 1.68. The van der Waals surface area contributed by atoms with Crippen LogP contribution in [0.5, 0.6) is 5.75 Å². The Labute approximate surface area is 249 Å². The van der Waals surface area contributed by atoms with Crippen LogP contribution in [0.15, 0.2) is 42.5 Å². The Morgan fingerprint density at radius 2 is 1.60 bits per heavy atom. The van der Waals surface area contributed by atoms with E-state index in [1.165, 1.54) is 5.56 Å². The van der Waals surface area contributed by atoms with E-state index in [2.05, 4.69) is 45.0 Å². The van der Waals surface area contributed by atoms with Crippen molar-refractivity contribution in [2.45, 2.75) is 96.4 Å². The average molecular weight is 587 g/mol. The van der Waals surface area contributed by atoms with Crippen molar-refractivity contribution in [2.24, 2.45) is 0 Å². The van der Waals surface area contributed by atoms with Crippen LogP contribution >= 0.6 is 0 Å². The van der Waals surface area contributed by atoms with Gasteiger partial charge in [0.25, 0.3) is 0 Å². The van der Waals surface area contributed by atoms with E-state index in [9.17, 15) is 9.90 Å². The molecule has 232 valence electrons. The first-order valence-corrected chi connectivity index (χ1v) is 15.3. The summed E-state index contributed by atoms with van der Waals surface area (Å²) in [5.74, 6) is 0.742. The number of aliphatic hydroxyl groups is 1. The summed E-state index contributed by atoms with van der Waals surface area (Å²) < 4.78 is 41.3. The predicted octanol–water partition coefficient (Wildman–Crippen LogP) is 6.05. The molecule has 0 bridgehead atoms. The number of benzene rings is 2. The van der Waals surface area contributed by atoms with E-state index in [4.69, 9.17) is 33.2 Å². The zero-order chi connectivity index (χ0) is 29.9. The molecule has 1 fully saturated rings. The van der Waals surface area contributed by atoms with Crippen molar-refractivity contribution in [1.82, 2.24) is 0 Å². The summed E-state index contributed by atoms with van der Waals surface area (Å²) in [5, 5.41) is 11.4. The maximum absolute atomic E-state index is 12.0. The van der Waals surface area contributed by atoms with Gasteiger partial charge in [0, 0.05) is 18.8 Å². The minimum Gasteiger partial charge on any atom is -0.467 e. The third-order valence-corrected chi connectivity index (χ3v) is 7.69. The number of hydrogen-bond donors (Lipinski definition) is 1. The van der Waals surface area contributed by atoms with Gasteiger partial charge in [0.05, 0.1) is 6.61 Å². The van der Waals surface area contributed by atoms with Crippen LogP contribution in [-0.2, 0) is 34.8 Å². The van der Waals surface area contributed by atoms with Gasteiger partial charge in [-0.25, -0.2) is 4.79 Å². The number of aliphatic hydroxyl groups excluding tert-OH is 1. The van der Waals surface area contributed by atoms with Crippen LogP contribution < -0.4 is 4.74 Å². The molecule has 0 aromatic heterocycles. The zero-order valence-corrected chi connectivity index (χ0v) is 25.3. The van der Waals surface area contributed by atoms with Crippen LogP contribution in [0.4, 0.5) is 4.79 Å². The standard InChI is InChI=1S/C33H46O9/c1-5-9-17-37-31-28(34)27(20-39-33(35)36-8-4)42-30(32(31)38-18-10-6-2)24-15-16-26-25(19-24)29(41-21-40-26)23-13-11-22(7-3)12-14-23/h11-16,19,27-32,34H,5-10,17-18,20-21H2,1-4H3. The molecule has 42 heavy (non-hydrogen) atoms. The van der Waals surface area contributed by atoms with Crippen LogP contribution in [0.3, 0.4) is 0 Å². The minimum absolute atomic E-state index is 0.155. The number of ether oxygens (including phenoxy) is 7. The Morgan fingerprint density at radius 3 is 2.26 bits per heavy atom. The fourth-order valence-electron chi connectivity index (χ4n) is 5.28. The summed E-state index contributed by atoms with van der Waals surface area (Å²) in [6.07, 6.45) is -0.365. The van der Waals surface area contributed by atoms with E-state index in [1.807, 2.05) is 18.2 Å². The normalized spacial score (nSPS) is 25.4. The summed E-state index contributed by atoms with van der Waals surface area (Å²) in [6.45, 7) is 9.13. The van der Waals surface area contributed by atoms with Crippen LogP contribution in [0.25, 0.3) is 0 Å². The van der Waals surface area contributed by atoms with Crippen molar-refractivity contribution in [2.75, 3.05) is 33.2 Å². The molecule has 0 saturated carbocycles. The van der Waals surface area contributed by atoms with Gasteiger partial charge in [-0.15, -0.1) is 0 Å². The van der Waals surface area contributed by atoms with Gasteiger partial charge in [0.15, 0.2) is 6.79 Å².